The molecule has 30 heavy (non-hydrogen) atoms. The van der Waals surface area contributed by atoms with Crippen LogP contribution in [-0.2, 0) is 16.6 Å². The fourth-order valence-corrected chi connectivity index (χ4v) is 4.29. The fourth-order valence-electron chi connectivity index (χ4n) is 4.29. The Morgan fingerprint density at radius 1 is 1.37 bits per heavy atom. The molecule has 2 aliphatic rings. The van der Waals surface area contributed by atoms with E-state index in [0.717, 1.165) is 50.7 Å². The maximum Gasteiger partial charge on any atom is 0.246 e. The number of amides is 1. The summed E-state index contributed by atoms with van der Waals surface area (Å²) in [7, 11) is 1.86. The first kappa shape index (κ1) is 24.9. The van der Waals surface area contributed by atoms with Gasteiger partial charge in [0.15, 0.2) is 5.96 Å². The molecular formula is C21H37IN6O2. The van der Waals surface area contributed by atoms with Crippen molar-refractivity contribution in [1.82, 2.24) is 20.0 Å². The summed E-state index contributed by atoms with van der Waals surface area (Å²) < 4.78 is 7.82. The standard InChI is InChI=1S/C21H36N6O2.HI/c1-6-22-20(23-12-16-8-7-11-29-19(16)21(2,3)4)26-9-10-27(18(28)15-26)17-13-24-25(5)14-17;/h13-14,16,19H,6-12,15H2,1-5H3,(H,22,23);1H. The molecule has 0 bridgehead atoms. The third-order valence-corrected chi connectivity index (χ3v) is 5.63. The Bertz CT molecular complexity index is 729. The lowest BCUT2D eigenvalue weighted by Gasteiger charge is -2.40. The predicted octanol–water partition coefficient (Wildman–Crippen LogP) is 2.49. The highest BCUT2D eigenvalue weighted by atomic mass is 127. The van der Waals surface area contributed by atoms with Crippen molar-refractivity contribution in [2.24, 2.45) is 23.4 Å². The molecule has 3 heterocycles. The van der Waals surface area contributed by atoms with Gasteiger partial charge in [-0.25, -0.2) is 0 Å². The van der Waals surface area contributed by atoms with Gasteiger partial charge < -0.3 is 19.9 Å². The zero-order valence-corrected chi connectivity index (χ0v) is 21.3. The van der Waals surface area contributed by atoms with Crippen molar-refractivity contribution in [1.29, 1.82) is 0 Å². The SMILES string of the molecule is CCNC(=NCC1CCCOC1C(C)(C)C)N1CCN(c2cnn(C)c2)C(=O)C1.I. The molecule has 9 heteroatoms. The van der Waals surface area contributed by atoms with Crippen LogP contribution < -0.4 is 10.2 Å². The number of aromatic nitrogens is 2. The molecule has 1 amide bonds. The van der Waals surface area contributed by atoms with Crippen molar-refractivity contribution in [3.05, 3.63) is 12.4 Å². The van der Waals surface area contributed by atoms with Gasteiger partial charge in [0, 0.05) is 51.9 Å². The molecule has 0 radical (unpaired) electrons. The van der Waals surface area contributed by atoms with Crippen LogP contribution in [-0.4, -0.2) is 72.0 Å². The number of hydrogen-bond donors (Lipinski definition) is 1. The number of nitrogens with zero attached hydrogens (tertiary/aromatic N) is 5. The van der Waals surface area contributed by atoms with Gasteiger partial charge in [-0.05, 0) is 25.2 Å². The van der Waals surface area contributed by atoms with Crippen LogP contribution in [0.5, 0.6) is 0 Å². The predicted molar refractivity (Wildman–Crippen MR) is 130 cm³/mol. The van der Waals surface area contributed by atoms with Gasteiger partial charge in [-0.2, -0.15) is 5.10 Å². The molecule has 2 atom stereocenters. The van der Waals surface area contributed by atoms with Gasteiger partial charge in [0.2, 0.25) is 5.91 Å². The number of ether oxygens (including phenoxy) is 1. The Morgan fingerprint density at radius 2 is 2.13 bits per heavy atom. The highest BCUT2D eigenvalue weighted by Crippen LogP contribution is 2.34. The molecule has 0 spiro atoms. The molecule has 0 aromatic carbocycles. The number of hydrogen-bond acceptors (Lipinski definition) is 4. The van der Waals surface area contributed by atoms with E-state index in [1.807, 2.05) is 13.2 Å². The summed E-state index contributed by atoms with van der Waals surface area (Å²) in [6.45, 7) is 12.8. The average molecular weight is 532 g/mol. The lowest BCUT2D eigenvalue weighted by molar-refractivity contribution is -0.120. The summed E-state index contributed by atoms with van der Waals surface area (Å²) >= 11 is 0. The summed E-state index contributed by atoms with van der Waals surface area (Å²) in [6, 6.07) is 0. The van der Waals surface area contributed by atoms with Gasteiger partial charge in [0.1, 0.15) is 6.54 Å². The van der Waals surface area contributed by atoms with Gasteiger partial charge in [-0.15, -0.1) is 24.0 Å². The molecule has 1 aromatic heterocycles. The number of carbonyl (C=O) groups excluding carboxylic acids is 1. The summed E-state index contributed by atoms with van der Waals surface area (Å²) in [5.41, 5.74) is 0.955. The number of piperazine rings is 1. The van der Waals surface area contributed by atoms with Crippen molar-refractivity contribution in [2.75, 3.05) is 44.2 Å². The quantitative estimate of drug-likeness (QED) is 0.367. The highest BCUT2D eigenvalue weighted by Gasteiger charge is 2.35. The Labute approximate surface area is 197 Å². The number of aryl methyl sites for hydroxylation is 1. The zero-order chi connectivity index (χ0) is 21.0. The first-order chi connectivity index (χ1) is 13.8. The molecule has 1 aromatic rings. The minimum absolute atomic E-state index is 0. The molecule has 3 rings (SSSR count). The van der Waals surface area contributed by atoms with Crippen LogP contribution in [0.25, 0.3) is 0 Å². The van der Waals surface area contributed by atoms with Crippen molar-refractivity contribution in [3.63, 3.8) is 0 Å². The Hall–Kier alpha value is -1.36. The average Bonchev–Trinajstić information content (AvgIpc) is 3.10. The van der Waals surface area contributed by atoms with E-state index in [-0.39, 0.29) is 41.4 Å². The van der Waals surface area contributed by atoms with Crippen LogP contribution in [0.4, 0.5) is 5.69 Å². The van der Waals surface area contributed by atoms with Crippen LogP contribution in [0.3, 0.4) is 0 Å². The molecule has 2 aliphatic heterocycles. The van der Waals surface area contributed by atoms with E-state index in [2.05, 4.69) is 43.0 Å². The van der Waals surface area contributed by atoms with E-state index in [0.29, 0.717) is 19.0 Å². The van der Waals surface area contributed by atoms with Crippen molar-refractivity contribution >= 4 is 41.5 Å². The second-order valence-corrected chi connectivity index (χ2v) is 9.09. The number of nitrogens with one attached hydrogen (secondary N) is 1. The lowest BCUT2D eigenvalue weighted by Crippen LogP contribution is -2.55. The van der Waals surface area contributed by atoms with Crippen LogP contribution in [0.1, 0.15) is 40.5 Å². The van der Waals surface area contributed by atoms with Gasteiger partial charge in [0.25, 0.3) is 0 Å². The van der Waals surface area contributed by atoms with E-state index in [1.54, 1.807) is 15.8 Å². The molecule has 1 N–H and O–H groups in total. The van der Waals surface area contributed by atoms with E-state index < -0.39 is 0 Å². The van der Waals surface area contributed by atoms with Crippen molar-refractivity contribution in [3.8, 4) is 0 Å². The molecular weight excluding hydrogens is 495 g/mol. The summed E-state index contributed by atoms with van der Waals surface area (Å²) in [6.07, 6.45) is 6.06. The number of anilines is 1. The first-order valence-corrected chi connectivity index (χ1v) is 10.7. The second kappa shape index (κ2) is 10.8. The minimum atomic E-state index is 0. The largest absolute Gasteiger partial charge is 0.377 e. The fraction of sp³-hybridized carbons (Fsp3) is 0.762. The first-order valence-electron chi connectivity index (χ1n) is 10.7. The van der Waals surface area contributed by atoms with Gasteiger partial charge in [0.05, 0.1) is 18.0 Å². The number of guanidine groups is 1. The van der Waals surface area contributed by atoms with E-state index >= 15 is 0 Å². The van der Waals surface area contributed by atoms with Crippen LogP contribution in [0.15, 0.2) is 17.4 Å². The summed E-state index contributed by atoms with van der Waals surface area (Å²) in [5, 5.41) is 7.55. The Kier molecular flexibility index (Phi) is 8.96. The molecule has 2 unspecified atom stereocenters. The smallest absolute Gasteiger partial charge is 0.246 e. The van der Waals surface area contributed by atoms with Gasteiger partial charge >= 0.3 is 0 Å². The number of halogens is 1. The third kappa shape index (κ3) is 6.09. The monoisotopic (exact) mass is 532 g/mol. The van der Waals surface area contributed by atoms with Crippen LogP contribution in [0, 0.1) is 11.3 Å². The molecule has 170 valence electrons. The third-order valence-electron chi connectivity index (χ3n) is 5.63. The number of carbonyl (C=O) groups is 1. The van der Waals surface area contributed by atoms with E-state index in [1.165, 1.54) is 0 Å². The number of rotatable bonds is 4. The van der Waals surface area contributed by atoms with Crippen molar-refractivity contribution in [2.45, 2.75) is 46.6 Å². The highest BCUT2D eigenvalue weighted by molar-refractivity contribution is 14.0. The van der Waals surface area contributed by atoms with E-state index in [4.69, 9.17) is 9.73 Å². The maximum atomic E-state index is 12.8. The summed E-state index contributed by atoms with van der Waals surface area (Å²) in [5.74, 6) is 1.30. The van der Waals surface area contributed by atoms with E-state index in [9.17, 15) is 4.79 Å². The second-order valence-electron chi connectivity index (χ2n) is 9.09. The van der Waals surface area contributed by atoms with Crippen LogP contribution >= 0.6 is 24.0 Å². The molecule has 8 nitrogen and oxygen atoms in total. The lowest BCUT2D eigenvalue weighted by atomic mass is 9.78. The molecule has 0 saturated carbocycles. The minimum Gasteiger partial charge on any atom is -0.377 e. The normalized spacial score (nSPS) is 23.4. The molecule has 2 saturated heterocycles. The Balaban J connectivity index is 0.00000320. The van der Waals surface area contributed by atoms with Crippen LogP contribution in [0.2, 0.25) is 0 Å². The number of aliphatic imine (C=N–C) groups is 1. The Morgan fingerprint density at radius 3 is 2.73 bits per heavy atom. The topological polar surface area (TPSA) is 75.0 Å². The van der Waals surface area contributed by atoms with Gasteiger partial charge in [-0.1, -0.05) is 20.8 Å². The summed E-state index contributed by atoms with van der Waals surface area (Å²) in [4.78, 5) is 21.5. The molecule has 0 aliphatic carbocycles. The maximum absolute atomic E-state index is 12.8. The van der Waals surface area contributed by atoms with Crippen molar-refractivity contribution < 1.29 is 9.53 Å². The zero-order valence-electron chi connectivity index (χ0n) is 18.9. The molecule has 2 fully saturated rings. The van der Waals surface area contributed by atoms with Gasteiger partial charge in [-0.3, -0.25) is 14.5 Å².